The first kappa shape index (κ1) is 14.9. The molecule has 0 heterocycles. The molecule has 0 aromatic rings. The van der Waals surface area contributed by atoms with Crippen molar-refractivity contribution in [3.05, 3.63) is 0 Å². The lowest BCUT2D eigenvalue weighted by Crippen LogP contribution is -2.38. The number of ether oxygens (including phenoxy) is 1. The van der Waals surface area contributed by atoms with Gasteiger partial charge in [0.2, 0.25) is 0 Å². The third kappa shape index (κ3) is 7.74. The van der Waals surface area contributed by atoms with Crippen LogP contribution in [-0.4, -0.2) is 36.0 Å². The van der Waals surface area contributed by atoms with Crippen LogP contribution in [0.25, 0.3) is 0 Å². The summed E-state index contributed by atoms with van der Waals surface area (Å²) < 4.78 is 5.56. The highest BCUT2D eigenvalue weighted by Gasteiger charge is 2.24. The van der Waals surface area contributed by atoms with Gasteiger partial charge in [-0.05, 0) is 39.5 Å². The predicted octanol–water partition coefficient (Wildman–Crippen LogP) is 2.33. The number of aliphatic hydroxyl groups is 1. The molecule has 102 valence electrons. The molecule has 2 N–H and O–H groups in total. The molecule has 0 bridgehead atoms. The lowest BCUT2D eigenvalue weighted by atomic mass is 10.1. The Morgan fingerprint density at radius 3 is 2.47 bits per heavy atom. The summed E-state index contributed by atoms with van der Waals surface area (Å²) in [5.74, 6) is 0.940. The second-order valence-electron chi connectivity index (χ2n) is 6.27. The third-order valence-corrected chi connectivity index (χ3v) is 3.16. The molecule has 3 heteroatoms. The van der Waals surface area contributed by atoms with E-state index in [-0.39, 0.29) is 5.60 Å². The molecule has 1 fully saturated rings. The van der Waals surface area contributed by atoms with E-state index in [1.807, 2.05) is 20.8 Å². The number of hydrogen-bond donors (Lipinski definition) is 2. The Labute approximate surface area is 106 Å². The average molecular weight is 243 g/mol. The zero-order valence-corrected chi connectivity index (χ0v) is 11.8. The molecule has 1 aliphatic carbocycles. The average Bonchev–Trinajstić information content (AvgIpc) is 3.04. The van der Waals surface area contributed by atoms with Gasteiger partial charge in [0.25, 0.3) is 0 Å². The van der Waals surface area contributed by atoms with Gasteiger partial charge in [-0.15, -0.1) is 0 Å². The van der Waals surface area contributed by atoms with E-state index >= 15 is 0 Å². The minimum Gasteiger partial charge on any atom is -0.389 e. The van der Waals surface area contributed by atoms with Crippen molar-refractivity contribution in [1.82, 2.24) is 5.32 Å². The summed E-state index contributed by atoms with van der Waals surface area (Å²) in [4.78, 5) is 0. The normalized spacial score (nSPS) is 20.3. The molecule has 0 aromatic heterocycles. The van der Waals surface area contributed by atoms with Gasteiger partial charge in [0.05, 0.1) is 18.3 Å². The summed E-state index contributed by atoms with van der Waals surface area (Å²) in [5.41, 5.74) is -0.168. The molecule has 17 heavy (non-hydrogen) atoms. The summed E-state index contributed by atoms with van der Waals surface area (Å²) in [6, 6.07) is 0.562. The van der Waals surface area contributed by atoms with Crippen LogP contribution in [0.4, 0.5) is 0 Å². The largest absolute Gasteiger partial charge is 0.389 e. The summed E-state index contributed by atoms with van der Waals surface area (Å²) in [6.45, 7) is 9.29. The standard InChI is InChI=1S/C14H29NO2/c1-5-12(8-11-6-7-11)15-9-13(16)10-17-14(2,3)4/h11-13,15-16H,5-10H2,1-4H3. The molecule has 0 aliphatic heterocycles. The molecule has 2 atom stereocenters. The maximum absolute atomic E-state index is 9.82. The monoisotopic (exact) mass is 243 g/mol. The van der Waals surface area contributed by atoms with Gasteiger partial charge in [0.1, 0.15) is 0 Å². The van der Waals surface area contributed by atoms with Crippen molar-refractivity contribution < 1.29 is 9.84 Å². The molecule has 3 nitrogen and oxygen atoms in total. The molecule has 1 rings (SSSR count). The van der Waals surface area contributed by atoms with Crippen molar-refractivity contribution >= 4 is 0 Å². The second kappa shape index (κ2) is 6.72. The van der Waals surface area contributed by atoms with Gasteiger partial charge in [-0.2, -0.15) is 0 Å². The van der Waals surface area contributed by atoms with Crippen molar-refractivity contribution in [2.45, 2.75) is 71.1 Å². The first-order valence-corrected chi connectivity index (χ1v) is 6.96. The van der Waals surface area contributed by atoms with Crippen molar-refractivity contribution in [2.24, 2.45) is 5.92 Å². The van der Waals surface area contributed by atoms with Crippen LogP contribution in [0.1, 0.15) is 53.4 Å². The molecular weight excluding hydrogens is 214 g/mol. The zero-order valence-electron chi connectivity index (χ0n) is 11.8. The number of hydrogen-bond acceptors (Lipinski definition) is 3. The quantitative estimate of drug-likeness (QED) is 0.687. The van der Waals surface area contributed by atoms with Gasteiger partial charge in [0, 0.05) is 12.6 Å². The minimum atomic E-state index is -0.400. The van der Waals surface area contributed by atoms with Crippen molar-refractivity contribution in [3.8, 4) is 0 Å². The van der Waals surface area contributed by atoms with E-state index in [1.54, 1.807) is 0 Å². The van der Waals surface area contributed by atoms with E-state index in [9.17, 15) is 5.11 Å². The Kier molecular flexibility index (Phi) is 5.90. The van der Waals surface area contributed by atoms with Crippen LogP contribution < -0.4 is 5.32 Å². The smallest absolute Gasteiger partial charge is 0.0898 e. The summed E-state index contributed by atoms with van der Waals surface area (Å²) in [5, 5.41) is 13.3. The lowest BCUT2D eigenvalue weighted by molar-refractivity contribution is -0.0484. The second-order valence-corrected chi connectivity index (χ2v) is 6.27. The van der Waals surface area contributed by atoms with Crippen LogP contribution >= 0.6 is 0 Å². The van der Waals surface area contributed by atoms with Crippen LogP contribution in [0, 0.1) is 5.92 Å². The molecule has 0 spiro atoms. The highest BCUT2D eigenvalue weighted by Crippen LogP contribution is 2.33. The Balaban J connectivity index is 2.10. The predicted molar refractivity (Wildman–Crippen MR) is 71.1 cm³/mol. The van der Waals surface area contributed by atoms with Crippen LogP contribution in [0.15, 0.2) is 0 Å². The Morgan fingerprint density at radius 1 is 1.35 bits per heavy atom. The van der Waals surface area contributed by atoms with E-state index in [0.717, 1.165) is 12.3 Å². The van der Waals surface area contributed by atoms with E-state index in [2.05, 4.69) is 12.2 Å². The van der Waals surface area contributed by atoms with E-state index < -0.39 is 6.10 Å². The number of aliphatic hydroxyl groups excluding tert-OH is 1. The molecule has 1 saturated carbocycles. The first-order chi connectivity index (χ1) is 7.90. The molecular formula is C14H29NO2. The van der Waals surface area contributed by atoms with E-state index in [0.29, 0.717) is 19.2 Å². The van der Waals surface area contributed by atoms with E-state index in [1.165, 1.54) is 19.3 Å². The minimum absolute atomic E-state index is 0.168. The molecule has 0 aromatic carbocycles. The summed E-state index contributed by atoms with van der Waals surface area (Å²) in [7, 11) is 0. The van der Waals surface area contributed by atoms with Crippen molar-refractivity contribution in [1.29, 1.82) is 0 Å². The maximum Gasteiger partial charge on any atom is 0.0898 e. The van der Waals surface area contributed by atoms with Crippen LogP contribution in [0.5, 0.6) is 0 Å². The van der Waals surface area contributed by atoms with Gasteiger partial charge < -0.3 is 15.2 Å². The fourth-order valence-electron chi connectivity index (χ4n) is 1.86. The molecule has 0 radical (unpaired) electrons. The van der Waals surface area contributed by atoms with Crippen molar-refractivity contribution in [2.75, 3.05) is 13.2 Å². The SMILES string of the molecule is CCC(CC1CC1)NCC(O)COC(C)(C)C. The Bertz CT molecular complexity index is 209. The number of nitrogens with one attached hydrogen (secondary N) is 1. The van der Waals surface area contributed by atoms with E-state index in [4.69, 9.17) is 4.74 Å². The zero-order chi connectivity index (χ0) is 12.9. The van der Waals surface area contributed by atoms with Crippen LogP contribution in [-0.2, 0) is 4.74 Å². The van der Waals surface area contributed by atoms with Crippen LogP contribution in [0.2, 0.25) is 0 Å². The van der Waals surface area contributed by atoms with Crippen LogP contribution in [0.3, 0.4) is 0 Å². The molecule has 2 unspecified atom stereocenters. The van der Waals surface area contributed by atoms with Gasteiger partial charge >= 0.3 is 0 Å². The molecule has 0 amide bonds. The fourth-order valence-corrected chi connectivity index (χ4v) is 1.86. The first-order valence-electron chi connectivity index (χ1n) is 6.96. The maximum atomic E-state index is 9.82. The lowest BCUT2D eigenvalue weighted by Gasteiger charge is -2.23. The topological polar surface area (TPSA) is 41.5 Å². The van der Waals surface area contributed by atoms with Gasteiger partial charge in [0.15, 0.2) is 0 Å². The fraction of sp³-hybridized carbons (Fsp3) is 1.00. The third-order valence-electron chi connectivity index (χ3n) is 3.16. The van der Waals surface area contributed by atoms with Gasteiger partial charge in [-0.3, -0.25) is 0 Å². The molecule has 0 saturated heterocycles. The van der Waals surface area contributed by atoms with Crippen molar-refractivity contribution in [3.63, 3.8) is 0 Å². The number of rotatable bonds is 8. The highest BCUT2D eigenvalue weighted by molar-refractivity contribution is 4.80. The van der Waals surface area contributed by atoms with Gasteiger partial charge in [-0.1, -0.05) is 19.8 Å². The Hall–Kier alpha value is -0.120. The summed E-state index contributed by atoms with van der Waals surface area (Å²) in [6.07, 6.45) is 4.80. The Morgan fingerprint density at radius 2 is 2.00 bits per heavy atom. The summed E-state index contributed by atoms with van der Waals surface area (Å²) >= 11 is 0. The molecule has 1 aliphatic rings. The highest BCUT2D eigenvalue weighted by atomic mass is 16.5. The van der Waals surface area contributed by atoms with Gasteiger partial charge in [-0.25, -0.2) is 0 Å².